The predicted octanol–water partition coefficient (Wildman–Crippen LogP) is 3.76. The predicted molar refractivity (Wildman–Crippen MR) is 103 cm³/mol. The molecule has 2 aromatic rings. The standard InChI is InChI=1S/C19H16Cl2N2O4/c20-12-1-3-14(21)15(8-12)22-19(25)11-7-18(24)23(10-11)13-2-4-16-17(9-13)27-6-5-26-16/h1-4,8-9,11H,5-7,10H2,(H,22,25)/t11-/m0/s1. The fraction of sp³-hybridized carbons (Fsp3) is 0.263. The molecular formula is C19H16Cl2N2O4. The van der Waals surface area contributed by atoms with Crippen molar-refractivity contribution >= 4 is 46.4 Å². The molecule has 0 unspecified atom stereocenters. The average Bonchev–Trinajstić information content (AvgIpc) is 3.06. The highest BCUT2D eigenvalue weighted by molar-refractivity contribution is 6.35. The number of nitrogens with one attached hydrogen (secondary N) is 1. The molecule has 0 saturated carbocycles. The van der Waals surface area contributed by atoms with Gasteiger partial charge in [-0.25, -0.2) is 0 Å². The minimum absolute atomic E-state index is 0.121. The SMILES string of the molecule is O=C(Nc1cc(Cl)ccc1Cl)[C@H]1CC(=O)N(c2ccc3c(c2)OCCO3)C1. The number of carbonyl (C=O) groups excluding carboxylic acids is 2. The van der Waals surface area contributed by atoms with Gasteiger partial charge in [-0.1, -0.05) is 23.2 Å². The molecule has 4 rings (SSSR count). The van der Waals surface area contributed by atoms with Gasteiger partial charge in [-0.2, -0.15) is 0 Å². The molecule has 1 saturated heterocycles. The molecule has 140 valence electrons. The van der Waals surface area contributed by atoms with Crippen LogP contribution in [-0.4, -0.2) is 31.6 Å². The molecule has 0 radical (unpaired) electrons. The van der Waals surface area contributed by atoms with Crippen LogP contribution in [-0.2, 0) is 9.59 Å². The number of halogens is 2. The first-order valence-corrected chi connectivity index (χ1v) is 9.23. The Morgan fingerprint density at radius 2 is 1.85 bits per heavy atom. The van der Waals surface area contributed by atoms with E-state index < -0.39 is 5.92 Å². The fourth-order valence-corrected chi connectivity index (χ4v) is 3.50. The van der Waals surface area contributed by atoms with E-state index >= 15 is 0 Å². The maximum Gasteiger partial charge on any atom is 0.229 e. The van der Waals surface area contributed by atoms with Crippen LogP contribution in [0.15, 0.2) is 36.4 Å². The highest BCUT2D eigenvalue weighted by Gasteiger charge is 2.35. The molecule has 27 heavy (non-hydrogen) atoms. The van der Waals surface area contributed by atoms with Gasteiger partial charge >= 0.3 is 0 Å². The molecule has 8 heteroatoms. The van der Waals surface area contributed by atoms with Crippen LogP contribution in [0, 0.1) is 5.92 Å². The summed E-state index contributed by atoms with van der Waals surface area (Å²) >= 11 is 12.0. The van der Waals surface area contributed by atoms with Crippen molar-refractivity contribution in [3.8, 4) is 11.5 Å². The number of anilines is 2. The van der Waals surface area contributed by atoms with Crippen LogP contribution < -0.4 is 19.7 Å². The van der Waals surface area contributed by atoms with Crippen LogP contribution in [0.25, 0.3) is 0 Å². The monoisotopic (exact) mass is 406 g/mol. The Balaban J connectivity index is 1.49. The zero-order valence-corrected chi connectivity index (χ0v) is 15.7. The summed E-state index contributed by atoms with van der Waals surface area (Å²) in [7, 11) is 0. The van der Waals surface area contributed by atoms with Gasteiger partial charge < -0.3 is 19.7 Å². The van der Waals surface area contributed by atoms with Gasteiger partial charge in [0.1, 0.15) is 13.2 Å². The second-order valence-electron chi connectivity index (χ2n) is 6.35. The third-order valence-electron chi connectivity index (χ3n) is 4.52. The Labute approximate surface area is 165 Å². The highest BCUT2D eigenvalue weighted by atomic mass is 35.5. The number of amides is 2. The van der Waals surface area contributed by atoms with E-state index in [-0.39, 0.29) is 24.8 Å². The van der Waals surface area contributed by atoms with E-state index in [4.69, 9.17) is 32.7 Å². The number of hydrogen-bond donors (Lipinski definition) is 1. The van der Waals surface area contributed by atoms with Gasteiger partial charge in [0.25, 0.3) is 0 Å². The zero-order valence-electron chi connectivity index (χ0n) is 14.2. The van der Waals surface area contributed by atoms with Crippen LogP contribution in [0.5, 0.6) is 11.5 Å². The van der Waals surface area contributed by atoms with Crippen molar-refractivity contribution in [2.75, 3.05) is 30.0 Å². The quantitative estimate of drug-likeness (QED) is 0.842. The second kappa shape index (κ2) is 7.29. The lowest BCUT2D eigenvalue weighted by atomic mass is 10.1. The van der Waals surface area contributed by atoms with Crippen LogP contribution in [0.3, 0.4) is 0 Å². The van der Waals surface area contributed by atoms with E-state index in [0.29, 0.717) is 46.1 Å². The summed E-state index contributed by atoms with van der Waals surface area (Å²) < 4.78 is 11.1. The van der Waals surface area contributed by atoms with E-state index in [9.17, 15) is 9.59 Å². The molecule has 6 nitrogen and oxygen atoms in total. The topological polar surface area (TPSA) is 67.9 Å². The van der Waals surface area contributed by atoms with Crippen LogP contribution in [0.2, 0.25) is 10.0 Å². The Morgan fingerprint density at radius 1 is 1.07 bits per heavy atom. The van der Waals surface area contributed by atoms with Crippen molar-refractivity contribution in [1.29, 1.82) is 0 Å². The molecule has 0 aliphatic carbocycles. The first-order chi connectivity index (χ1) is 13.0. The lowest BCUT2D eigenvalue weighted by Crippen LogP contribution is -2.28. The summed E-state index contributed by atoms with van der Waals surface area (Å²) in [5.74, 6) is 0.379. The number of hydrogen-bond acceptors (Lipinski definition) is 4. The third-order valence-corrected chi connectivity index (χ3v) is 5.08. The van der Waals surface area contributed by atoms with E-state index in [1.807, 2.05) is 0 Å². The second-order valence-corrected chi connectivity index (χ2v) is 7.19. The van der Waals surface area contributed by atoms with Gasteiger partial charge in [-0.05, 0) is 30.3 Å². The molecule has 2 aromatic carbocycles. The fourth-order valence-electron chi connectivity index (χ4n) is 3.16. The summed E-state index contributed by atoms with van der Waals surface area (Å²) in [5, 5.41) is 3.61. The summed E-state index contributed by atoms with van der Waals surface area (Å²) in [5.41, 5.74) is 1.11. The number of benzene rings is 2. The molecule has 2 heterocycles. The molecular weight excluding hydrogens is 391 g/mol. The maximum atomic E-state index is 12.6. The Bertz CT molecular complexity index is 919. The van der Waals surface area contributed by atoms with Crippen molar-refractivity contribution in [2.45, 2.75) is 6.42 Å². The smallest absolute Gasteiger partial charge is 0.229 e. The van der Waals surface area contributed by atoms with Gasteiger partial charge in [0.2, 0.25) is 11.8 Å². The van der Waals surface area contributed by atoms with Crippen molar-refractivity contribution in [3.05, 3.63) is 46.4 Å². The largest absolute Gasteiger partial charge is 0.486 e. The van der Waals surface area contributed by atoms with Gasteiger partial charge in [-0.3, -0.25) is 9.59 Å². The van der Waals surface area contributed by atoms with Gasteiger partial charge in [0.15, 0.2) is 11.5 Å². The summed E-state index contributed by atoms with van der Waals surface area (Å²) in [6, 6.07) is 10.2. The number of rotatable bonds is 3. The third kappa shape index (κ3) is 3.68. The molecule has 2 aliphatic heterocycles. The molecule has 0 bridgehead atoms. The molecule has 1 atom stereocenters. The van der Waals surface area contributed by atoms with Crippen molar-refractivity contribution in [1.82, 2.24) is 0 Å². The van der Waals surface area contributed by atoms with Crippen LogP contribution >= 0.6 is 23.2 Å². The number of carbonyl (C=O) groups is 2. The first kappa shape index (κ1) is 17.9. The minimum atomic E-state index is -0.485. The lowest BCUT2D eigenvalue weighted by Gasteiger charge is -2.22. The molecule has 0 spiro atoms. The Kier molecular flexibility index (Phi) is 4.85. The number of nitrogens with zero attached hydrogens (tertiary/aromatic N) is 1. The van der Waals surface area contributed by atoms with Gasteiger partial charge in [-0.15, -0.1) is 0 Å². The van der Waals surface area contributed by atoms with E-state index in [2.05, 4.69) is 5.32 Å². The highest BCUT2D eigenvalue weighted by Crippen LogP contribution is 2.36. The van der Waals surface area contributed by atoms with Gasteiger partial charge in [0.05, 0.1) is 16.6 Å². The summed E-state index contributed by atoms with van der Waals surface area (Å²) in [6.45, 7) is 1.25. The van der Waals surface area contributed by atoms with Gasteiger partial charge in [0, 0.05) is 29.7 Å². The first-order valence-electron chi connectivity index (χ1n) is 8.47. The molecule has 1 N–H and O–H groups in total. The van der Waals surface area contributed by atoms with Crippen molar-refractivity contribution in [2.24, 2.45) is 5.92 Å². The minimum Gasteiger partial charge on any atom is -0.486 e. The van der Waals surface area contributed by atoms with Crippen molar-refractivity contribution in [3.63, 3.8) is 0 Å². The Hall–Kier alpha value is -2.44. The number of fused-ring (bicyclic) bond motifs is 1. The van der Waals surface area contributed by atoms with Crippen LogP contribution in [0.1, 0.15) is 6.42 Å². The van der Waals surface area contributed by atoms with E-state index in [1.165, 1.54) is 0 Å². The molecule has 2 aliphatic rings. The molecule has 2 amide bonds. The molecule has 1 fully saturated rings. The zero-order chi connectivity index (χ0) is 19.0. The summed E-state index contributed by atoms with van der Waals surface area (Å²) in [4.78, 5) is 26.6. The Morgan fingerprint density at radius 3 is 2.67 bits per heavy atom. The van der Waals surface area contributed by atoms with E-state index in [1.54, 1.807) is 41.3 Å². The molecule has 0 aromatic heterocycles. The maximum absolute atomic E-state index is 12.6. The van der Waals surface area contributed by atoms with Crippen molar-refractivity contribution < 1.29 is 19.1 Å². The van der Waals surface area contributed by atoms with E-state index in [0.717, 1.165) is 0 Å². The summed E-state index contributed by atoms with van der Waals surface area (Å²) in [6.07, 6.45) is 0.123. The lowest BCUT2D eigenvalue weighted by molar-refractivity contribution is -0.122. The number of ether oxygens (including phenoxy) is 2. The normalized spacial score (nSPS) is 18.5. The average molecular weight is 407 g/mol. The van der Waals surface area contributed by atoms with Crippen LogP contribution in [0.4, 0.5) is 11.4 Å².